The van der Waals surface area contributed by atoms with Crippen LogP contribution in [0, 0.1) is 0 Å². The lowest BCUT2D eigenvalue weighted by Crippen LogP contribution is -1.95. The average molecular weight is 312 g/mol. The molecule has 2 nitrogen and oxygen atoms in total. The van der Waals surface area contributed by atoms with Crippen molar-refractivity contribution in [2.45, 2.75) is 13.2 Å². The molecule has 0 spiro atoms. The fraction of sp³-hybridized carbons (Fsp3) is 0.143. The lowest BCUT2D eigenvalue weighted by Gasteiger charge is -2.03. The molecule has 0 aliphatic rings. The van der Waals surface area contributed by atoms with Gasteiger partial charge in [-0.05, 0) is 24.3 Å². The second-order valence-electron chi connectivity index (χ2n) is 4.31. The van der Waals surface area contributed by atoms with Gasteiger partial charge >= 0.3 is 0 Å². The first-order chi connectivity index (χ1) is 9.17. The Morgan fingerprint density at radius 2 is 2.00 bits per heavy atom. The monoisotopic (exact) mass is 311 g/mol. The number of benzene rings is 1. The molecule has 0 atom stereocenters. The van der Waals surface area contributed by atoms with E-state index in [1.54, 1.807) is 11.3 Å². The summed E-state index contributed by atoms with van der Waals surface area (Å²) in [5.41, 5.74) is 1.94. The molecule has 0 saturated heterocycles. The summed E-state index contributed by atoms with van der Waals surface area (Å²) in [6.45, 7) is 0.755. The second-order valence-corrected chi connectivity index (χ2v) is 6.54. The number of aliphatic hydroxyl groups is 1. The zero-order valence-electron chi connectivity index (χ0n) is 9.94. The summed E-state index contributed by atoms with van der Waals surface area (Å²) in [6.07, 6.45) is 1.97. The molecule has 0 bridgehead atoms. The lowest BCUT2D eigenvalue weighted by atomic mass is 10.2. The van der Waals surface area contributed by atoms with Crippen molar-refractivity contribution in [2.75, 3.05) is 0 Å². The van der Waals surface area contributed by atoms with Crippen molar-refractivity contribution in [3.63, 3.8) is 0 Å². The van der Waals surface area contributed by atoms with Gasteiger partial charge in [0, 0.05) is 27.0 Å². The van der Waals surface area contributed by atoms with Gasteiger partial charge in [0.15, 0.2) is 0 Å². The number of hydrogen-bond acceptors (Lipinski definition) is 2. The summed E-state index contributed by atoms with van der Waals surface area (Å²) < 4.78 is 2.88. The topological polar surface area (TPSA) is 25.2 Å². The summed E-state index contributed by atoms with van der Waals surface area (Å²) in [7, 11) is 0. The molecule has 3 aromatic rings. The maximum Gasteiger partial charge on any atom is 0.0931 e. The third-order valence-electron chi connectivity index (χ3n) is 3.05. The number of nitrogens with zero attached hydrogens (tertiary/aromatic N) is 1. The van der Waals surface area contributed by atoms with E-state index in [1.165, 1.54) is 4.88 Å². The number of rotatable bonds is 3. The normalized spacial score (nSPS) is 11.3. The smallest absolute Gasteiger partial charge is 0.0931 e. The number of aliphatic hydroxyl groups excluding tert-OH is 1. The minimum atomic E-state index is 0.0241. The Kier molecular flexibility index (Phi) is 3.54. The van der Waals surface area contributed by atoms with Gasteiger partial charge in [-0.25, -0.2) is 0 Å². The Labute approximate surface area is 124 Å². The van der Waals surface area contributed by atoms with E-state index in [9.17, 15) is 5.11 Å². The quantitative estimate of drug-likeness (QED) is 0.754. The third-order valence-corrected chi connectivity index (χ3v) is 4.50. The first-order valence-electron chi connectivity index (χ1n) is 5.79. The molecule has 3 rings (SSSR count). The van der Waals surface area contributed by atoms with E-state index in [2.05, 4.69) is 4.57 Å². The van der Waals surface area contributed by atoms with E-state index in [0.717, 1.165) is 27.3 Å². The van der Waals surface area contributed by atoms with Gasteiger partial charge in [-0.1, -0.05) is 29.3 Å². The van der Waals surface area contributed by atoms with E-state index in [4.69, 9.17) is 23.2 Å². The highest BCUT2D eigenvalue weighted by Crippen LogP contribution is 2.28. The molecule has 19 heavy (non-hydrogen) atoms. The van der Waals surface area contributed by atoms with E-state index in [-0.39, 0.29) is 6.61 Å². The van der Waals surface area contributed by atoms with E-state index < -0.39 is 0 Å². The largest absolute Gasteiger partial charge is 0.392 e. The molecule has 1 aromatic carbocycles. The van der Waals surface area contributed by atoms with Crippen molar-refractivity contribution < 1.29 is 5.11 Å². The van der Waals surface area contributed by atoms with Crippen LogP contribution in [0.3, 0.4) is 0 Å². The van der Waals surface area contributed by atoms with E-state index in [0.29, 0.717) is 5.02 Å². The molecule has 0 unspecified atom stereocenters. The summed E-state index contributed by atoms with van der Waals surface area (Å²) >= 11 is 13.6. The van der Waals surface area contributed by atoms with Crippen LogP contribution >= 0.6 is 34.5 Å². The molecule has 98 valence electrons. The van der Waals surface area contributed by atoms with Gasteiger partial charge in [-0.2, -0.15) is 0 Å². The number of fused-ring (bicyclic) bond motifs is 1. The number of hydrogen-bond donors (Lipinski definition) is 1. The maximum absolute atomic E-state index is 9.42. The highest BCUT2D eigenvalue weighted by atomic mass is 35.5. The summed E-state index contributed by atoms with van der Waals surface area (Å²) in [6, 6.07) is 9.62. The molecule has 0 fully saturated rings. The Morgan fingerprint density at radius 1 is 1.16 bits per heavy atom. The van der Waals surface area contributed by atoms with Crippen LogP contribution in [0.5, 0.6) is 0 Å². The van der Waals surface area contributed by atoms with Gasteiger partial charge in [0.1, 0.15) is 0 Å². The molecule has 0 saturated carbocycles. The predicted molar refractivity (Wildman–Crippen MR) is 81.3 cm³/mol. The van der Waals surface area contributed by atoms with Crippen LogP contribution in [0.4, 0.5) is 0 Å². The zero-order valence-corrected chi connectivity index (χ0v) is 12.3. The molecular formula is C14H11Cl2NOS. The van der Waals surface area contributed by atoms with Crippen molar-refractivity contribution in [3.05, 3.63) is 56.3 Å². The Hall–Kier alpha value is -1.00. The van der Waals surface area contributed by atoms with Gasteiger partial charge < -0.3 is 9.67 Å². The van der Waals surface area contributed by atoms with Crippen LogP contribution in [-0.4, -0.2) is 9.67 Å². The van der Waals surface area contributed by atoms with Gasteiger partial charge in [0.05, 0.1) is 23.0 Å². The van der Waals surface area contributed by atoms with Crippen LogP contribution in [0.25, 0.3) is 10.9 Å². The van der Waals surface area contributed by atoms with Crippen LogP contribution in [0.15, 0.2) is 36.5 Å². The zero-order chi connectivity index (χ0) is 13.4. The van der Waals surface area contributed by atoms with Crippen LogP contribution < -0.4 is 0 Å². The summed E-state index contributed by atoms with van der Waals surface area (Å²) in [4.78, 5) is 1.17. The van der Waals surface area contributed by atoms with Crippen molar-refractivity contribution >= 4 is 45.4 Å². The molecule has 0 aliphatic heterocycles. The van der Waals surface area contributed by atoms with E-state index in [1.807, 2.05) is 36.5 Å². The van der Waals surface area contributed by atoms with Crippen LogP contribution in [0.2, 0.25) is 9.36 Å². The standard InChI is InChI=1S/C14H11Cl2NOS/c15-10-1-3-12-9(8-18)6-17(13(12)5-10)7-11-2-4-14(16)19-11/h1-6,18H,7-8H2. The molecule has 1 N–H and O–H groups in total. The SMILES string of the molecule is OCc1cn(Cc2ccc(Cl)s2)c2cc(Cl)ccc12. The Morgan fingerprint density at radius 3 is 2.68 bits per heavy atom. The first kappa shape index (κ1) is 13.0. The number of thiophene rings is 1. The molecule has 0 aliphatic carbocycles. The van der Waals surface area contributed by atoms with Crippen molar-refractivity contribution in [1.29, 1.82) is 0 Å². The maximum atomic E-state index is 9.42. The van der Waals surface area contributed by atoms with E-state index >= 15 is 0 Å². The molecule has 0 amide bonds. The minimum Gasteiger partial charge on any atom is -0.392 e. The van der Waals surface area contributed by atoms with Gasteiger partial charge in [-0.15, -0.1) is 11.3 Å². The van der Waals surface area contributed by atoms with Crippen molar-refractivity contribution in [1.82, 2.24) is 4.57 Å². The Bertz CT molecular complexity index is 732. The number of halogens is 2. The van der Waals surface area contributed by atoms with Crippen LogP contribution in [-0.2, 0) is 13.2 Å². The second kappa shape index (κ2) is 5.17. The van der Waals surface area contributed by atoms with Crippen molar-refractivity contribution in [2.24, 2.45) is 0 Å². The third kappa shape index (κ3) is 2.51. The number of aromatic nitrogens is 1. The molecule has 5 heteroatoms. The molecule has 2 heterocycles. The predicted octanol–water partition coefficient (Wildman–Crippen LogP) is 4.55. The molecular weight excluding hydrogens is 301 g/mol. The lowest BCUT2D eigenvalue weighted by molar-refractivity contribution is 0.283. The minimum absolute atomic E-state index is 0.0241. The van der Waals surface area contributed by atoms with Crippen molar-refractivity contribution in [3.8, 4) is 0 Å². The van der Waals surface area contributed by atoms with Gasteiger partial charge in [0.25, 0.3) is 0 Å². The molecule has 2 aromatic heterocycles. The summed E-state index contributed by atoms with van der Waals surface area (Å²) in [5, 5.41) is 11.2. The van der Waals surface area contributed by atoms with Crippen LogP contribution in [0.1, 0.15) is 10.4 Å². The molecule has 0 radical (unpaired) electrons. The highest BCUT2D eigenvalue weighted by Gasteiger charge is 2.09. The Balaban J connectivity index is 2.09. The van der Waals surface area contributed by atoms with Gasteiger partial charge in [-0.3, -0.25) is 0 Å². The van der Waals surface area contributed by atoms with Gasteiger partial charge in [0.2, 0.25) is 0 Å². The fourth-order valence-corrected chi connectivity index (χ4v) is 3.46. The fourth-order valence-electron chi connectivity index (χ4n) is 2.20. The average Bonchev–Trinajstić information content (AvgIpc) is 2.94. The summed E-state index contributed by atoms with van der Waals surface area (Å²) in [5.74, 6) is 0. The highest BCUT2D eigenvalue weighted by molar-refractivity contribution is 7.16. The first-order valence-corrected chi connectivity index (χ1v) is 7.37.